The summed E-state index contributed by atoms with van der Waals surface area (Å²) in [6.45, 7) is 0. The quantitative estimate of drug-likeness (QED) is 0.156. The predicted molar refractivity (Wildman–Crippen MR) is 262 cm³/mol. The molecule has 0 radical (unpaired) electrons. The van der Waals surface area contributed by atoms with Crippen molar-refractivity contribution < 1.29 is 0 Å². The lowest BCUT2D eigenvalue weighted by atomic mass is 9.96. The van der Waals surface area contributed by atoms with E-state index < -0.39 is 0 Å². The van der Waals surface area contributed by atoms with Gasteiger partial charge in [-0.3, -0.25) is 0 Å². The minimum Gasteiger partial charge on any atom is -0.309 e. The lowest BCUT2D eigenvalue weighted by molar-refractivity contribution is 1.18. The number of hydrogen-bond donors (Lipinski definition) is 0. The first-order valence-electron chi connectivity index (χ1n) is 20.8. The van der Waals surface area contributed by atoms with Crippen molar-refractivity contribution in [3.05, 3.63) is 231 Å². The van der Waals surface area contributed by atoms with Gasteiger partial charge in [0.05, 0.1) is 22.4 Å². The van der Waals surface area contributed by atoms with Crippen molar-refractivity contribution in [1.82, 2.24) is 4.57 Å². The van der Waals surface area contributed by atoms with Gasteiger partial charge in [-0.2, -0.15) is 0 Å². The molecule has 12 rings (SSSR count). The van der Waals surface area contributed by atoms with Crippen LogP contribution in [-0.2, 0) is 0 Å². The Labute approximate surface area is 358 Å². The van der Waals surface area contributed by atoms with Gasteiger partial charge in [0.2, 0.25) is 0 Å². The van der Waals surface area contributed by atoms with Gasteiger partial charge in [0, 0.05) is 58.8 Å². The normalized spacial score (nSPS) is 11.6. The molecule has 10 aromatic carbocycles. The van der Waals surface area contributed by atoms with Crippen LogP contribution >= 0.6 is 11.3 Å². The van der Waals surface area contributed by atoms with E-state index >= 15 is 0 Å². The highest BCUT2D eigenvalue weighted by atomic mass is 32.1. The number of para-hydroxylation sites is 2. The third kappa shape index (κ3) is 5.85. The molecule has 286 valence electrons. The maximum absolute atomic E-state index is 2.49. The SMILES string of the molecule is c1ccc(-c2ccccc2-n2c3ccccc3c3ccc(N(c4ccc(-c5cccc6c5sc5ccccc56)cc4)c4c(-c5ccccc5)ccc5ccccc45)cc32)cc1. The van der Waals surface area contributed by atoms with Crippen LogP contribution in [0, 0.1) is 0 Å². The van der Waals surface area contributed by atoms with Gasteiger partial charge in [0.25, 0.3) is 0 Å². The highest BCUT2D eigenvalue weighted by Crippen LogP contribution is 2.48. The van der Waals surface area contributed by atoms with Crippen LogP contribution in [0.25, 0.3) is 91.8 Å². The number of anilines is 3. The molecule has 0 aliphatic heterocycles. The molecule has 2 heterocycles. The highest BCUT2D eigenvalue weighted by Gasteiger charge is 2.23. The highest BCUT2D eigenvalue weighted by molar-refractivity contribution is 7.26. The first-order chi connectivity index (χ1) is 30.3. The Morgan fingerprint density at radius 1 is 0.344 bits per heavy atom. The van der Waals surface area contributed by atoms with Crippen molar-refractivity contribution in [2.45, 2.75) is 0 Å². The van der Waals surface area contributed by atoms with Crippen LogP contribution in [0.2, 0.25) is 0 Å². The van der Waals surface area contributed by atoms with Crippen LogP contribution in [0.4, 0.5) is 17.1 Å². The summed E-state index contributed by atoms with van der Waals surface area (Å²) in [5.41, 5.74) is 14.0. The second kappa shape index (κ2) is 14.5. The monoisotopic (exact) mass is 794 g/mol. The molecule has 0 fully saturated rings. The number of benzene rings is 10. The van der Waals surface area contributed by atoms with E-state index in [-0.39, 0.29) is 0 Å². The van der Waals surface area contributed by atoms with Crippen molar-refractivity contribution in [3.63, 3.8) is 0 Å². The van der Waals surface area contributed by atoms with Gasteiger partial charge >= 0.3 is 0 Å². The fourth-order valence-corrected chi connectivity index (χ4v) is 10.6. The van der Waals surface area contributed by atoms with Gasteiger partial charge in [0.15, 0.2) is 0 Å². The minimum atomic E-state index is 1.08. The molecule has 0 atom stereocenters. The smallest absolute Gasteiger partial charge is 0.0618 e. The molecular formula is C58H38N2S. The molecule has 0 N–H and O–H groups in total. The van der Waals surface area contributed by atoms with Gasteiger partial charge in [-0.05, 0) is 70.1 Å². The average Bonchev–Trinajstić information content (AvgIpc) is 3.88. The Kier molecular flexibility index (Phi) is 8.39. The second-order valence-electron chi connectivity index (χ2n) is 15.6. The minimum absolute atomic E-state index is 1.08. The molecule has 2 aromatic heterocycles. The van der Waals surface area contributed by atoms with Crippen molar-refractivity contribution in [2.24, 2.45) is 0 Å². The third-order valence-electron chi connectivity index (χ3n) is 12.2. The first-order valence-corrected chi connectivity index (χ1v) is 21.7. The lowest BCUT2D eigenvalue weighted by Crippen LogP contribution is -2.12. The number of nitrogens with zero attached hydrogens (tertiary/aromatic N) is 2. The fourth-order valence-electron chi connectivity index (χ4n) is 9.41. The number of fused-ring (bicyclic) bond motifs is 7. The fraction of sp³-hybridized carbons (Fsp3) is 0. The van der Waals surface area contributed by atoms with Crippen molar-refractivity contribution >= 4 is 81.1 Å². The molecule has 0 aliphatic rings. The summed E-state index contributed by atoms with van der Waals surface area (Å²) < 4.78 is 5.10. The van der Waals surface area contributed by atoms with E-state index in [4.69, 9.17) is 0 Å². The maximum atomic E-state index is 2.49. The standard InChI is InChI=1S/C58H38N2S/c1-3-16-39(17-4-1)45-21-9-12-27-53(45)60-54-28-13-10-23-49(54)50-37-35-44(38-55(50)60)59(57-46-22-8-7-20-41(46)32-36-47(57)40-18-5-2-6-19-40)43-33-30-42(31-34-43)48-25-15-26-52-51-24-11-14-29-56(51)61-58(48)52/h1-38H. The zero-order valence-corrected chi connectivity index (χ0v) is 34.1. The lowest BCUT2D eigenvalue weighted by Gasteiger charge is -2.30. The molecule has 0 aliphatic carbocycles. The van der Waals surface area contributed by atoms with Crippen LogP contribution in [0.15, 0.2) is 231 Å². The van der Waals surface area contributed by atoms with Crippen LogP contribution in [0.1, 0.15) is 0 Å². The van der Waals surface area contributed by atoms with E-state index in [9.17, 15) is 0 Å². The summed E-state index contributed by atoms with van der Waals surface area (Å²) >= 11 is 1.88. The molecule has 0 bridgehead atoms. The van der Waals surface area contributed by atoms with Crippen molar-refractivity contribution in [3.8, 4) is 39.1 Å². The Balaban J connectivity index is 1.12. The summed E-state index contributed by atoms with van der Waals surface area (Å²) in [6, 6.07) is 84.2. The van der Waals surface area contributed by atoms with E-state index in [1.807, 2.05) is 11.3 Å². The molecule has 3 heteroatoms. The van der Waals surface area contributed by atoms with Gasteiger partial charge in [-0.25, -0.2) is 0 Å². The Hall–Kier alpha value is -7.72. The topological polar surface area (TPSA) is 8.17 Å². The van der Waals surface area contributed by atoms with E-state index in [1.54, 1.807) is 0 Å². The Morgan fingerprint density at radius 2 is 0.934 bits per heavy atom. The van der Waals surface area contributed by atoms with Gasteiger partial charge in [-0.15, -0.1) is 11.3 Å². The third-order valence-corrected chi connectivity index (χ3v) is 13.4. The Morgan fingerprint density at radius 3 is 1.75 bits per heavy atom. The summed E-state index contributed by atoms with van der Waals surface area (Å²) in [5, 5.41) is 7.46. The van der Waals surface area contributed by atoms with Crippen LogP contribution in [0.3, 0.4) is 0 Å². The number of rotatable bonds is 7. The number of aromatic nitrogens is 1. The predicted octanol–water partition coefficient (Wildman–Crippen LogP) is 16.8. The molecule has 61 heavy (non-hydrogen) atoms. The number of thiophene rings is 1. The van der Waals surface area contributed by atoms with Crippen molar-refractivity contribution in [1.29, 1.82) is 0 Å². The largest absolute Gasteiger partial charge is 0.309 e. The second-order valence-corrected chi connectivity index (χ2v) is 16.7. The summed E-state index contributed by atoms with van der Waals surface area (Å²) in [6.07, 6.45) is 0. The maximum Gasteiger partial charge on any atom is 0.0618 e. The average molecular weight is 795 g/mol. The van der Waals surface area contributed by atoms with Gasteiger partial charge in [0.1, 0.15) is 0 Å². The zero-order chi connectivity index (χ0) is 40.3. The van der Waals surface area contributed by atoms with E-state index in [0.717, 1.165) is 28.3 Å². The molecule has 0 saturated heterocycles. The molecule has 0 amide bonds. The molecule has 12 aromatic rings. The van der Waals surface area contributed by atoms with E-state index in [0.29, 0.717) is 0 Å². The molecule has 0 saturated carbocycles. The van der Waals surface area contributed by atoms with Crippen LogP contribution in [0.5, 0.6) is 0 Å². The van der Waals surface area contributed by atoms with Gasteiger partial charge < -0.3 is 9.47 Å². The van der Waals surface area contributed by atoms with E-state index in [1.165, 1.54) is 80.6 Å². The number of hydrogen-bond acceptors (Lipinski definition) is 2. The zero-order valence-electron chi connectivity index (χ0n) is 33.2. The molecule has 0 spiro atoms. The summed E-state index contributed by atoms with van der Waals surface area (Å²) in [7, 11) is 0. The Bertz CT molecular complexity index is 3580. The van der Waals surface area contributed by atoms with Crippen LogP contribution in [-0.4, -0.2) is 4.57 Å². The summed E-state index contributed by atoms with van der Waals surface area (Å²) in [4.78, 5) is 2.49. The van der Waals surface area contributed by atoms with Crippen LogP contribution < -0.4 is 4.90 Å². The molecule has 0 unspecified atom stereocenters. The molecular weight excluding hydrogens is 757 g/mol. The summed E-state index contributed by atoms with van der Waals surface area (Å²) in [5.74, 6) is 0. The van der Waals surface area contributed by atoms with Gasteiger partial charge in [-0.1, -0.05) is 188 Å². The first kappa shape index (κ1) is 35.2. The van der Waals surface area contributed by atoms with Crippen molar-refractivity contribution in [2.75, 3.05) is 4.90 Å². The van der Waals surface area contributed by atoms with E-state index in [2.05, 4.69) is 240 Å². The molecule has 2 nitrogen and oxygen atoms in total.